The quantitative estimate of drug-likeness (QED) is 0.823. The van der Waals surface area contributed by atoms with Crippen molar-refractivity contribution in [2.24, 2.45) is 10.8 Å². The van der Waals surface area contributed by atoms with E-state index in [4.69, 9.17) is 0 Å². The van der Waals surface area contributed by atoms with Crippen molar-refractivity contribution >= 4 is 27.7 Å². The van der Waals surface area contributed by atoms with Crippen LogP contribution in [-0.2, 0) is 0 Å². The van der Waals surface area contributed by atoms with Crippen molar-refractivity contribution < 1.29 is 0 Å². The van der Waals surface area contributed by atoms with Crippen LogP contribution in [0, 0.1) is 10.8 Å². The van der Waals surface area contributed by atoms with Crippen LogP contribution >= 0.6 is 15.9 Å². The second-order valence-electron chi connectivity index (χ2n) is 7.68. The van der Waals surface area contributed by atoms with Crippen LogP contribution in [0.25, 0.3) is 0 Å². The fourth-order valence-electron chi connectivity index (χ4n) is 3.85. The maximum absolute atomic E-state index is 4.57. The van der Waals surface area contributed by atoms with E-state index in [0.717, 1.165) is 16.8 Å². The van der Waals surface area contributed by atoms with Gasteiger partial charge in [0.15, 0.2) is 0 Å². The molecule has 1 heterocycles. The molecule has 2 N–H and O–H groups in total. The van der Waals surface area contributed by atoms with Crippen molar-refractivity contribution in [1.82, 2.24) is 9.97 Å². The molecule has 0 aromatic carbocycles. The first-order valence-corrected chi connectivity index (χ1v) is 8.53. The number of rotatable bonds is 4. The normalized spacial score (nSPS) is 21.0. The van der Waals surface area contributed by atoms with Gasteiger partial charge < -0.3 is 10.6 Å². The molecule has 21 heavy (non-hydrogen) atoms. The van der Waals surface area contributed by atoms with E-state index in [1.54, 1.807) is 0 Å². The summed E-state index contributed by atoms with van der Waals surface area (Å²) >= 11 is 3.55. The Kier molecular flexibility index (Phi) is 4.81. The molecule has 4 nitrogen and oxygen atoms in total. The highest BCUT2D eigenvalue weighted by molar-refractivity contribution is 9.10. The summed E-state index contributed by atoms with van der Waals surface area (Å²) in [5.41, 5.74) is 0.729. The van der Waals surface area contributed by atoms with Crippen molar-refractivity contribution in [1.29, 1.82) is 0 Å². The Morgan fingerprint density at radius 3 is 2.43 bits per heavy atom. The van der Waals surface area contributed by atoms with Crippen LogP contribution in [0.5, 0.6) is 0 Å². The number of halogens is 1. The van der Waals surface area contributed by atoms with Crippen LogP contribution in [0.3, 0.4) is 0 Å². The van der Waals surface area contributed by atoms with Crippen LogP contribution in [0.15, 0.2) is 10.7 Å². The van der Waals surface area contributed by atoms with Gasteiger partial charge in [-0.3, -0.25) is 0 Å². The summed E-state index contributed by atoms with van der Waals surface area (Å²) in [7, 11) is 0. The second-order valence-corrected chi connectivity index (χ2v) is 8.53. The van der Waals surface area contributed by atoms with Crippen LogP contribution in [0.2, 0.25) is 0 Å². The molecule has 0 saturated heterocycles. The summed E-state index contributed by atoms with van der Waals surface area (Å²) in [5.74, 6) is 1.57. The monoisotopic (exact) mass is 354 g/mol. The minimum Gasteiger partial charge on any atom is -0.366 e. The van der Waals surface area contributed by atoms with E-state index in [1.807, 2.05) is 13.1 Å². The molecule has 0 spiro atoms. The predicted molar refractivity (Wildman–Crippen MR) is 92.7 cm³/mol. The zero-order valence-corrected chi connectivity index (χ0v) is 15.3. The van der Waals surface area contributed by atoms with Gasteiger partial charge in [0.2, 0.25) is 5.95 Å². The van der Waals surface area contributed by atoms with Crippen LogP contribution in [0.1, 0.15) is 53.9 Å². The molecule has 5 heteroatoms. The van der Waals surface area contributed by atoms with Crippen molar-refractivity contribution in [2.75, 3.05) is 17.2 Å². The predicted octanol–water partition coefficient (Wildman–Crippen LogP) is 4.69. The minimum atomic E-state index is 0.365. The van der Waals surface area contributed by atoms with Crippen LogP contribution in [-0.4, -0.2) is 22.6 Å². The number of hydrogen-bond acceptors (Lipinski definition) is 4. The summed E-state index contributed by atoms with van der Waals surface area (Å²) < 4.78 is 0.922. The Morgan fingerprint density at radius 2 is 1.86 bits per heavy atom. The number of aromatic nitrogens is 2. The van der Waals surface area contributed by atoms with Crippen molar-refractivity contribution in [2.45, 2.75) is 59.9 Å². The molecule has 0 amide bonds. The zero-order chi connectivity index (χ0) is 15.7. The summed E-state index contributed by atoms with van der Waals surface area (Å²) in [6, 6.07) is 0.449. The maximum atomic E-state index is 4.57. The third-order valence-corrected chi connectivity index (χ3v) is 4.56. The molecule has 0 aliphatic heterocycles. The topological polar surface area (TPSA) is 49.8 Å². The van der Waals surface area contributed by atoms with Crippen LogP contribution in [0.4, 0.5) is 11.8 Å². The molecule has 1 aliphatic carbocycles. The van der Waals surface area contributed by atoms with Gasteiger partial charge in [-0.25, -0.2) is 4.98 Å². The average molecular weight is 355 g/mol. The highest BCUT2D eigenvalue weighted by atomic mass is 79.9. The van der Waals surface area contributed by atoms with Gasteiger partial charge in [0.25, 0.3) is 0 Å². The Morgan fingerprint density at radius 1 is 1.24 bits per heavy atom. The molecule has 0 atom stereocenters. The first-order chi connectivity index (χ1) is 9.71. The molecule has 2 rings (SSSR count). The van der Waals surface area contributed by atoms with Crippen molar-refractivity contribution in [3.63, 3.8) is 0 Å². The lowest BCUT2D eigenvalue weighted by atomic mass is 9.63. The number of nitrogens with zero attached hydrogens (tertiary/aromatic N) is 2. The van der Waals surface area contributed by atoms with E-state index in [1.165, 1.54) is 19.3 Å². The second kappa shape index (κ2) is 6.11. The van der Waals surface area contributed by atoms with Gasteiger partial charge in [-0.15, -0.1) is 0 Å². The lowest BCUT2D eigenvalue weighted by molar-refractivity contribution is 0.105. The van der Waals surface area contributed by atoms with E-state index >= 15 is 0 Å². The van der Waals surface area contributed by atoms with Gasteiger partial charge in [-0.2, -0.15) is 4.98 Å². The molecular weight excluding hydrogens is 328 g/mol. The number of hydrogen-bond donors (Lipinski definition) is 2. The smallest absolute Gasteiger partial charge is 0.224 e. The van der Waals surface area contributed by atoms with Crippen LogP contribution < -0.4 is 10.6 Å². The SMILES string of the molecule is CCNc1ncc(Br)c(NC2CC(C)(C)CC(C)(C)C2)n1. The highest BCUT2D eigenvalue weighted by Crippen LogP contribution is 2.46. The number of anilines is 2. The van der Waals surface area contributed by atoms with Gasteiger partial charge >= 0.3 is 0 Å². The van der Waals surface area contributed by atoms with E-state index < -0.39 is 0 Å². The molecule has 1 fully saturated rings. The molecule has 0 bridgehead atoms. The lowest BCUT2D eigenvalue weighted by Crippen LogP contribution is -2.40. The van der Waals surface area contributed by atoms with Gasteiger partial charge in [0, 0.05) is 18.8 Å². The van der Waals surface area contributed by atoms with Crippen molar-refractivity contribution in [3.8, 4) is 0 Å². The third-order valence-electron chi connectivity index (χ3n) is 3.97. The van der Waals surface area contributed by atoms with Crippen molar-refractivity contribution in [3.05, 3.63) is 10.7 Å². The van der Waals surface area contributed by atoms with Gasteiger partial charge in [-0.1, -0.05) is 27.7 Å². The fourth-order valence-corrected chi connectivity index (χ4v) is 4.16. The van der Waals surface area contributed by atoms with Gasteiger partial charge in [0.1, 0.15) is 5.82 Å². The molecule has 1 aliphatic rings. The van der Waals surface area contributed by atoms with Gasteiger partial charge in [0.05, 0.1) is 4.47 Å². The molecule has 1 aromatic heterocycles. The third kappa shape index (κ3) is 4.56. The lowest BCUT2D eigenvalue weighted by Gasteiger charge is -2.45. The van der Waals surface area contributed by atoms with E-state index in [2.05, 4.69) is 64.2 Å². The highest BCUT2D eigenvalue weighted by Gasteiger charge is 2.38. The minimum absolute atomic E-state index is 0.365. The molecule has 1 saturated carbocycles. The fraction of sp³-hybridized carbons (Fsp3) is 0.750. The maximum Gasteiger partial charge on any atom is 0.224 e. The Bertz CT molecular complexity index is 483. The Balaban J connectivity index is 2.15. The number of nitrogens with one attached hydrogen (secondary N) is 2. The Hall–Kier alpha value is -0.840. The Labute approximate surface area is 136 Å². The largest absolute Gasteiger partial charge is 0.366 e. The molecule has 118 valence electrons. The zero-order valence-electron chi connectivity index (χ0n) is 13.8. The van der Waals surface area contributed by atoms with E-state index in [-0.39, 0.29) is 0 Å². The summed E-state index contributed by atoms with van der Waals surface area (Å²) in [6.07, 6.45) is 5.42. The van der Waals surface area contributed by atoms with E-state index in [0.29, 0.717) is 22.8 Å². The molecule has 1 aromatic rings. The van der Waals surface area contributed by atoms with E-state index in [9.17, 15) is 0 Å². The molecule has 0 radical (unpaired) electrons. The first kappa shape index (κ1) is 16.5. The standard InChI is InChI=1S/C16H27BrN4/c1-6-18-14-19-9-12(17)13(21-14)20-11-7-15(2,3)10-16(4,5)8-11/h9,11H,6-8,10H2,1-5H3,(H2,18,19,20,21). The first-order valence-electron chi connectivity index (χ1n) is 7.74. The molecule has 0 unspecified atom stereocenters. The summed E-state index contributed by atoms with van der Waals surface area (Å²) in [5, 5.41) is 6.78. The van der Waals surface area contributed by atoms with Gasteiger partial charge in [-0.05, 0) is 52.9 Å². The average Bonchev–Trinajstić information content (AvgIpc) is 2.29. The molecular formula is C16H27BrN4. The summed E-state index contributed by atoms with van der Waals surface area (Å²) in [4.78, 5) is 8.84. The summed E-state index contributed by atoms with van der Waals surface area (Å²) in [6.45, 7) is 12.3.